The molecule has 1 amide bonds. The van der Waals surface area contributed by atoms with E-state index in [1.807, 2.05) is 67.1 Å². The zero-order valence-electron chi connectivity index (χ0n) is 17.9. The normalized spacial score (nSPS) is 12.1. The van der Waals surface area contributed by atoms with E-state index in [9.17, 15) is 4.79 Å². The summed E-state index contributed by atoms with van der Waals surface area (Å²) in [4.78, 5) is 12.4. The minimum absolute atomic E-state index is 0.0254. The fraction of sp³-hybridized carbons (Fsp3) is 0.250. The molecule has 2 heterocycles. The number of carbonyl (C=O) groups excluding carboxylic acids is 1. The van der Waals surface area contributed by atoms with Gasteiger partial charge in [0.05, 0.1) is 22.8 Å². The summed E-state index contributed by atoms with van der Waals surface area (Å²) in [5, 5.41) is 18.1. The predicted molar refractivity (Wildman–Crippen MR) is 125 cm³/mol. The van der Waals surface area contributed by atoms with E-state index in [1.165, 1.54) is 17.3 Å². The van der Waals surface area contributed by atoms with Crippen LogP contribution in [0, 0.1) is 13.8 Å². The zero-order valence-corrected chi connectivity index (χ0v) is 18.7. The first-order chi connectivity index (χ1) is 15.0. The number of thioether (sulfide) groups is 1. The van der Waals surface area contributed by atoms with Crippen molar-refractivity contribution in [2.45, 2.75) is 31.7 Å². The molecule has 0 radical (unpaired) electrons. The maximum Gasteiger partial charge on any atom is 0.230 e. The summed E-state index contributed by atoms with van der Waals surface area (Å²) in [5.74, 6) is 0.499. The van der Waals surface area contributed by atoms with Crippen LogP contribution < -0.4 is 5.32 Å². The second-order valence-corrected chi connectivity index (χ2v) is 8.52. The van der Waals surface area contributed by atoms with Crippen molar-refractivity contribution in [3.05, 3.63) is 77.6 Å². The van der Waals surface area contributed by atoms with E-state index in [-0.39, 0.29) is 17.6 Å². The lowest BCUT2D eigenvalue weighted by atomic mass is 10.0. The van der Waals surface area contributed by atoms with Crippen molar-refractivity contribution >= 4 is 28.6 Å². The van der Waals surface area contributed by atoms with Crippen molar-refractivity contribution in [1.82, 2.24) is 25.3 Å². The van der Waals surface area contributed by atoms with Gasteiger partial charge in [-0.3, -0.25) is 4.79 Å². The summed E-state index contributed by atoms with van der Waals surface area (Å²) in [6, 6.07) is 20.2. The molecule has 158 valence electrons. The molecule has 0 aliphatic carbocycles. The van der Waals surface area contributed by atoms with E-state index in [0.29, 0.717) is 11.6 Å². The van der Waals surface area contributed by atoms with Crippen LogP contribution in [-0.4, -0.2) is 38.2 Å². The number of hydrogen-bond acceptors (Lipinski definition) is 5. The van der Waals surface area contributed by atoms with Crippen molar-refractivity contribution in [3.63, 3.8) is 0 Å². The zero-order chi connectivity index (χ0) is 21.8. The number of hydrogen-bond donors (Lipinski definition) is 1. The third-order valence-corrected chi connectivity index (χ3v) is 6.24. The summed E-state index contributed by atoms with van der Waals surface area (Å²) >= 11 is 1.37. The molecule has 1 N–H and O–H groups in total. The summed E-state index contributed by atoms with van der Waals surface area (Å²) < 4.78 is 1.91. The Morgan fingerprint density at radius 1 is 1.03 bits per heavy atom. The van der Waals surface area contributed by atoms with Crippen LogP contribution in [-0.2, 0) is 4.79 Å². The van der Waals surface area contributed by atoms with Gasteiger partial charge in [0.1, 0.15) is 10.5 Å². The molecule has 0 saturated heterocycles. The van der Waals surface area contributed by atoms with Crippen LogP contribution in [0.5, 0.6) is 0 Å². The Morgan fingerprint density at radius 3 is 2.42 bits per heavy atom. The Kier molecular flexibility index (Phi) is 6.32. The van der Waals surface area contributed by atoms with Crippen LogP contribution in [0.1, 0.15) is 29.8 Å². The lowest BCUT2D eigenvalue weighted by molar-refractivity contribution is -0.118. The highest BCUT2D eigenvalue weighted by Gasteiger charge is 2.18. The first-order valence-electron chi connectivity index (χ1n) is 10.3. The molecule has 2 aromatic heterocycles. The highest BCUT2D eigenvalue weighted by atomic mass is 32.2. The Labute approximate surface area is 186 Å². The van der Waals surface area contributed by atoms with Gasteiger partial charge in [0.15, 0.2) is 0 Å². The van der Waals surface area contributed by atoms with E-state index in [2.05, 4.69) is 34.6 Å². The van der Waals surface area contributed by atoms with Gasteiger partial charge in [-0.1, -0.05) is 67.2 Å². The minimum Gasteiger partial charge on any atom is -0.355 e. The predicted octanol–water partition coefficient (Wildman–Crippen LogP) is 4.44. The third kappa shape index (κ3) is 4.61. The Hall–Kier alpha value is -3.19. The molecule has 0 aliphatic rings. The molecule has 0 bridgehead atoms. The summed E-state index contributed by atoms with van der Waals surface area (Å²) in [7, 11) is 0. The number of carbonyl (C=O) groups is 1. The number of nitrogens with zero attached hydrogens (tertiary/aromatic N) is 4. The van der Waals surface area contributed by atoms with E-state index < -0.39 is 0 Å². The van der Waals surface area contributed by atoms with Crippen molar-refractivity contribution in [1.29, 1.82) is 0 Å². The van der Waals surface area contributed by atoms with Gasteiger partial charge in [-0.15, -0.1) is 5.10 Å². The summed E-state index contributed by atoms with van der Waals surface area (Å²) in [5.41, 5.74) is 4.82. The maximum atomic E-state index is 12.4. The van der Waals surface area contributed by atoms with Gasteiger partial charge < -0.3 is 5.32 Å². The highest BCUT2D eigenvalue weighted by molar-refractivity contribution is 8.00. The number of benzene rings is 2. The van der Waals surface area contributed by atoms with E-state index in [1.54, 1.807) is 0 Å². The van der Waals surface area contributed by atoms with Crippen LogP contribution in [0.3, 0.4) is 0 Å². The van der Waals surface area contributed by atoms with Crippen molar-refractivity contribution < 1.29 is 4.79 Å². The standard InChI is InChI=1S/C24H25N5OS/c1-16(19-10-6-4-7-11-19)14-25-21(30)15-31-24-23-22(17(2)26-27-24)18(3)29(28-23)20-12-8-5-9-13-20/h4-13,16H,14-15H2,1-3H3,(H,25,30)/t16-/m0/s1. The molecule has 4 rings (SSSR count). The molecule has 1 atom stereocenters. The number of para-hydroxylation sites is 1. The first kappa shape index (κ1) is 21.1. The molecule has 2 aromatic carbocycles. The van der Waals surface area contributed by atoms with Crippen LogP contribution in [0.2, 0.25) is 0 Å². The average molecular weight is 432 g/mol. The van der Waals surface area contributed by atoms with Gasteiger partial charge in [0.2, 0.25) is 5.91 Å². The molecule has 31 heavy (non-hydrogen) atoms. The lowest BCUT2D eigenvalue weighted by Crippen LogP contribution is -2.29. The van der Waals surface area contributed by atoms with Crippen molar-refractivity contribution in [2.24, 2.45) is 0 Å². The average Bonchev–Trinajstić information content (AvgIpc) is 3.16. The molecule has 0 fully saturated rings. The number of fused-ring (bicyclic) bond motifs is 1. The molecular formula is C24H25N5OS. The van der Waals surface area contributed by atoms with E-state index >= 15 is 0 Å². The fourth-order valence-corrected chi connectivity index (χ4v) is 4.32. The number of aromatic nitrogens is 4. The van der Waals surface area contributed by atoms with Gasteiger partial charge in [0, 0.05) is 11.9 Å². The van der Waals surface area contributed by atoms with Gasteiger partial charge >= 0.3 is 0 Å². The number of amides is 1. The topological polar surface area (TPSA) is 72.7 Å². The third-order valence-electron chi connectivity index (χ3n) is 5.29. The summed E-state index contributed by atoms with van der Waals surface area (Å²) in [6.07, 6.45) is 0. The van der Waals surface area contributed by atoms with Gasteiger partial charge in [-0.25, -0.2) is 4.68 Å². The molecule has 0 spiro atoms. The van der Waals surface area contributed by atoms with E-state index in [0.717, 1.165) is 28.0 Å². The largest absolute Gasteiger partial charge is 0.355 e. The first-order valence-corrected chi connectivity index (χ1v) is 11.3. The number of rotatable bonds is 7. The molecular weight excluding hydrogens is 406 g/mol. The molecule has 7 heteroatoms. The smallest absolute Gasteiger partial charge is 0.230 e. The number of nitrogens with one attached hydrogen (secondary N) is 1. The Balaban J connectivity index is 1.47. The second kappa shape index (κ2) is 9.31. The Bertz CT molecular complexity index is 1190. The van der Waals surface area contributed by atoms with Crippen LogP contribution >= 0.6 is 11.8 Å². The fourth-order valence-electron chi connectivity index (χ4n) is 3.57. The second-order valence-electron chi connectivity index (χ2n) is 7.55. The highest BCUT2D eigenvalue weighted by Crippen LogP contribution is 2.29. The van der Waals surface area contributed by atoms with Gasteiger partial charge in [0.25, 0.3) is 0 Å². The van der Waals surface area contributed by atoms with E-state index in [4.69, 9.17) is 5.10 Å². The molecule has 0 unspecified atom stereocenters. The molecule has 6 nitrogen and oxygen atoms in total. The van der Waals surface area contributed by atoms with Crippen molar-refractivity contribution in [2.75, 3.05) is 12.3 Å². The van der Waals surface area contributed by atoms with Crippen LogP contribution in [0.15, 0.2) is 65.7 Å². The van der Waals surface area contributed by atoms with Gasteiger partial charge in [-0.2, -0.15) is 10.2 Å². The summed E-state index contributed by atoms with van der Waals surface area (Å²) in [6.45, 7) is 6.67. The number of aryl methyl sites for hydroxylation is 2. The van der Waals surface area contributed by atoms with Crippen LogP contribution in [0.25, 0.3) is 16.6 Å². The monoisotopic (exact) mass is 431 g/mol. The minimum atomic E-state index is -0.0254. The molecule has 0 saturated carbocycles. The van der Waals surface area contributed by atoms with Crippen LogP contribution in [0.4, 0.5) is 0 Å². The SMILES string of the molecule is Cc1nnc(SCC(=O)NC[C@H](C)c2ccccc2)c2nn(-c3ccccc3)c(C)c12. The van der Waals surface area contributed by atoms with Gasteiger partial charge in [-0.05, 0) is 37.5 Å². The molecule has 4 aromatic rings. The Morgan fingerprint density at radius 2 is 1.71 bits per heavy atom. The quantitative estimate of drug-likeness (QED) is 0.438. The molecule has 0 aliphatic heterocycles. The van der Waals surface area contributed by atoms with Crippen molar-refractivity contribution in [3.8, 4) is 5.69 Å². The lowest BCUT2D eigenvalue weighted by Gasteiger charge is -2.12. The maximum absolute atomic E-state index is 12.4.